The highest BCUT2D eigenvalue weighted by molar-refractivity contribution is 5.74. The summed E-state index contributed by atoms with van der Waals surface area (Å²) in [5.74, 6) is 0.775. The summed E-state index contributed by atoms with van der Waals surface area (Å²) in [7, 11) is 0. The lowest BCUT2D eigenvalue weighted by atomic mass is 9.81. The summed E-state index contributed by atoms with van der Waals surface area (Å²) in [5.41, 5.74) is 0.675. The van der Waals surface area contributed by atoms with Gasteiger partial charge in [-0.1, -0.05) is 18.2 Å². The summed E-state index contributed by atoms with van der Waals surface area (Å²) in [6, 6.07) is 8.22. The first-order valence-electron chi connectivity index (χ1n) is 7.76. The molecule has 0 aromatic heterocycles. The van der Waals surface area contributed by atoms with E-state index in [-0.39, 0.29) is 0 Å². The van der Waals surface area contributed by atoms with E-state index in [1.807, 2.05) is 19.1 Å². The maximum Gasteiger partial charge on any atom is 0.310 e. The molecule has 0 bridgehead atoms. The molecule has 0 amide bonds. The summed E-state index contributed by atoms with van der Waals surface area (Å²) in [4.78, 5) is 13.8. The number of nitrogens with zero attached hydrogens (tertiary/aromatic N) is 1. The molecule has 2 aliphatic heterocycles. The van der Waals surface area contributed by atoms with Crippen LogP contribution in [0.5, 0.6) is 5.75 Å². The normalized spacial score (nSPS) is 29.5. The van der Waals surface area contributed by atoms with Gasteiger partial charge in [0.15, 0.2) is 0 Å². The van der Waals surface area contributed by atoms with E-state index in [1.165, 1.54) is 5.56 Å². The summed E-state index contributed by atoms with van der Waals surface area (Å²) in [6.45, 7) is 5.22. The van der Waals surface area contributed by atoms with Gasteiger partial charge in [0.1, 0.15) is 5.75 Å². The van der Waals surface area contributed by atoms with E-state index in [9.17, 15) is 9.90 Å². The van der Waals surface area contributed by atoms with Gasteiger partial charge in [-0.15, -0.1) is 0 Å². The molecule has 4 heteroatoms. The molecule has 1 N–H and O–H groups in total. The van der Waals surface area contributed by atoms with Crippen molar-refractivity contribution < 1.29 is 14.6 Å². The van der Waals surface area contributed by atoms with Gasteiger partial charge in [0.05, 0.1) is 12.0 Å². The molecule has 2 atom stereocenters. The monoisotopic (exact) mass is 289 g/mol. The van der Waals surface area contributed by atoms with Gasteiger partial charge >= 0.3 is 5.97 Å². The molecule has 1 aromatic rings. The summed E-state index contributed by atoms with van der Waals surface area (Å²) in [5, 5.41) is 9.43. The Hall–Kier alpha value is -1.55. The number of aliphatic carboxylic acids is 1. The number of hydrogen-bond donors (Lipinski definition) is 1. The van der Waals surface area contributed by atoms with E-state index < -0.39 is 11.4 Å². The van der Waals surface area contributed by atoms with Crippen molar-refractivity contribution in [3.05, 3.63) is 29.8 Å². The number of benzene rings is 1. The molecule has 4 nitrogen and oxygen atoms in total. The molecule has 0 spiro atoms. The molecule has 0 saturated carbocycles. The number of piperidine rings is 1. The number of rotatable bonds is 3. The number of ether oxygens (including phenoxy) is 1. The van der Waals surface area contributed by atoms with E-state index in [1.54, 1.807) is 0 Å². The standard InChI is InChI=1S/C17H23NO3/c1-17(16(19)20)8-4-9-18(12-17)11-13-7-10-21-15-6-3-2-5-14(13)15/h2-3,5-6,13H,4,7-12H2,1H3,(H,19,20). The lowest BCUT2D eigenvalue weighted by Crippen LogP contribution is -2.47. The van der Waals surface area contributed by atoms with Crippen molar-refractivity contribution in [2.45, 2.75) is 32.1 Å². The highest BCUT2D eigenvalue weighted by Crippen LogP contribution is 2.36. The SMILES string of the molecule is CC1(C(=O)O)CCCN(CC2CCOc3ccccc32)C1. The van der Waals surface area contributed by atoms with Crippen LogP contribution in [-0.2, 0) is 4.79 Å². The van der Waals surface area contributed by atoms with Crippen molar-refractivity contribution in [3.63, 3.8) is 0 Å². The van der Waals surface area contributed by atoms with Gasteiger partial charge in [-0.3, -0.25) is 4.79 Å². The third-order valence-corrected chi connectivity index (χ3v) is 4.85. The molecule has 1 aromatic carbocycles. The molecule has 114 valence electrons. The highest BCUT2D eigenvalue weighted by atomic mass is 16.5. The topological polar surface area (TPSA) is 49.8 Å². The Balaban J connectivity index is 1.71. The fourth-order valence-electron chi connectivity index (χ4n) is 3.59. The largest absolute Gasteiger partial charge is 0.493 e. The molecular weight excluding hydrogens is 266 g/mol. The van der Waals surface area contributed by atoms with Crippen LogP contribution in [0, 0.1) is 5.41 Å². The quantitative estimate of drug-likeness (QED) is 0.929. The zero-order chi connectivity index (χ0) is 14.9. The molecule has 2 unspecified atom stereocenters. The third-order valence-electron chi connectivity index (χ3n) is 4.85. The summed E-state index contributed by atoms with van der Waals surface area (Å²) >= 11 is 0. The Labute approximate surface area is 125 Å². The zero-order valence-electron chi connectivity index (χ0n) is 12.5. The van der Waals surface area contributed by atoms with Crippen molar-refractivity contribution in [3.8, 4) is 5.75 Å². The summed E-state index contributed by atoms with van der Waals surface area (Å²) < 4.78 is 5.71. The molecule has 1 saturated heterocycles. The minimum absolute atomic E-state index is 0.450. The predicted molar refractivity (Wildman–Crippen MR) is 80.7 cm³/mol. The van der Waals surface area contributed by atoms with E-state index in [4.69, 9.17) is 4.74 Å². The van der Waals surface area contributed by atoms with Crippen LogP contribution in [0.2, 0.25) is 0 Å². The Bertz CT molecular complexity index is 531. The molecule has 0 radical (unpaired) electrons. The van der Waals surface area contributed by atoms with Crippen LogP contribution >= 0.6 is 0 Å². The molecule has 21 heavy (non-hydrogen) atoms. The molecule has 2 aliphatic rings. The highest BCUT2D eigenvalue weighted by Gasteiger charge is 2.38. The number of hydrogen-bond acceptors (Lipinski definition) is 3. The van der Waals surface area contributed by atoms with Gasteiger partial charge in [-0.25, -0.2) is 0 Å². The maximum absolute atomic E-state index is 11.5. The van der Waals surface area contributed by atoms with Gasteiger partial charge < -0.3 is 14.7 Å². The van der Waals surface area contributed by atoms with E-state index >= 15 is 0 Å². The van der Waals surface area contributed by atoms with Gasteiger partial charge in [0, 0.05) is 19.0 Å². The fourth-order valence-corrected chi connectivity index (χ4v) is 3.59. The second-order valence-corrected chi connectivity index (χ2v) is 6.58. The Morgan fingerprint density at radius 1 is 1.48 bits per heavy atom. The minimum atomic E-state index is -0.667. The third kappa shape index (κ3) is 2.91. The van der Waals surface area contributed by atoms with Crippen LogP contribution in [0.25, 0.3) is 0 Å². The van der Waals surface area contributed by atoms with Gasteiger partial charge in [0.2, 0.25) is 0 Å². The molecule has 2 heterocycles. The average Bonchev–Trinajstić information content (AvgIpc) is 2.48. The second kappa shape index (κ2) is 5.68. The van der Waals surface area contributed by atoms with Crippen molar-refractivity contribution in [2.24, 2.45) is 5.41 Å². The molecule has 3 rings (SSSR count). The average molecular weight is 289 g/mol. The molecular formula is C17H23NO3. The Morgan fingerprint density at radius 2 is 2.29 bits per heavy atom. The molecule has 1 fully saturated rings. The van der Waals surface area contributed by atoms with Crippen LogP contribution in [-0.4, -0.2) is 42.2 Å². The van der Waals surface area contributed by atoms with Crippen LogP contribution in [0.15, 0.2) is 24.3 Å². The first-order valence-corrected chi connectivity index (χ1v) is 7.76. The number of fused-ring (bicyclic) bond motifs is 1. The van der Waals surface area contributed by atoms with E-state index in [0.717, 1.165) is 44.7 Å². The van der Waals surface area contributed by atoms with Crippen LogP contribution in [0.1, 0.15) is 37.7 Å². The Morgan fingerprint density at radius 3 is 3.10 bits per heavy atom. The van der Waals surface area contributed by atoms with Crippen LogP contribution in [0.4, 0.5) is 0 Å². The number of carbonyl (C=O) groups is 1. The van der Waals surface area contributed by atoms with E-state index in [0.29, 0.717) is 12.5 Å². The lowest BCUT2D eigenvalue weighted by Gasteiger charge is -2.40. The number of carboxylic acids is 1. The van der Waals surface area contributed by atoms with Crippen LogP contribution in [0.3, 0.4) is 0 Å². The first-order chi connectivity index (χ1) is 10.1. The zero-order valence-corrected chi connectivity index (χ0v) is 12.5. The lowest BCUT2D eigenvalue weighted by molar-refractivity contribution is -0.151. The fraction of sp³-hybridized carbons (Fsp3) is 0.588. The number of para-hydroxylation sites is 1. The van der Waals surface area contributed by atoms with Crippen molar-refractivity contribution in [1.29, 1.82) is 0 Å². The van der Waals surface area contributed by atoms with Crippen molar-refractivity contribution in [1.82, 2.24) is 4.90 Å². The smallest absolute Gasteiger partial charge is 0.310 e. The first kappa shape index (κ1) is 14.4. The molecule has 0 aliphatic carbocycles. The van der Waals surface area contributed by atoms with Crippen molar-refractivity contribution >= 4 is 5.97 Å². The second-order valence-electron chi connectivity index (χ2n) is 6.58. The minimum Gasteiger partial charge on any atom is -0.493 e. The van der Waals surface area contributed by atoms with Gasteiger partial charge in [0.25, 0.3) is 0 Å². The van der Waals surface area contributed by atoms with Crippen LogP contribution < -0.4 is 4.74 Å². The van der Waals surface area contributed by atoms with Gasteiger partial charge in [-0.2, -0.15) is 0 Å². The number of likely N-dealkylation sites (tertiary alicyclic amines) is 1. The van der Waals surface area contributed by atoms with Gasteiger partial charge in [-0.05, 0) is 44.4 Å². The predicted octanol–water partition coefficient (Wildman–Crippen LogP) is 2.74. The van der Waals surface area contributed by atoms with E-state index in [2.05, 4.69) is 17.0 Å². The number of carboxylic acid groups (broad SMARTS) is 1. The Kier molecular flexibility index (Phi) is 3.89. The summed E-state index contributed by atoms with van der Waals surface area (Å²) in [6.07, 6.45) is 2.76. The van der Waals surface area contributed by atoms with Crippen molar-refractivity contribution in [2.75, 3.05) is 26.2 Å². The maximum atomic E-state index is 11.5.